The van der Waals surface area contributed by atoms with Crippen molar-refractivity contribution in [2.45, 2.75) is 25.3 Å². The van der Waals surface area contributed by atoms with Gasteiger partial charge in [0.2, 0.25) is 0 Å². The molecule has 0 radical (unpaired) electrons. The highest BCUT2D eigenvalue weighted by atomic mass is 79.9. The van der Waals surface area contributed by atoms with E-state index in [4.69, 9.17) is 5.21 Å². The fourth-order valence-electron chi connectivity index (χ4n) is 2.11. The van der Waals surface area contributed by atoms with Crippen molar-refractivity contribution in [2.75, 3.05) is 11.5 Å². The lowest BCUT2D eigenvalue weighted by molar-refractivity contribution is 0.161. The molecule has 1 saturated heterocycles. The van der Waals surface area contributed by atoms with Crippen molar-refractivity contribution in [3.8, 4) is 0 Å². The van der Waals surface area contributed by atoms with Crippen LogP contribution in [-0.2, 0) is 6.54 Å². The van der Waals surface area contributed by atoms with E-state index in [1.807, 2.05) is 0 Å². The van der Waals surface area contributed by atoms with Crippen LogP contribution in [0.15, 0.2) is 22.7 Å². The zero-order chi connectivity index (χ0) is 11.4. The topological polar surface area (TPSA) is 32.3 Å². The first kappa shape index (κ1) is 12.4. The molecule has 0 bridgehead atoms. The lowest BCUT2D eigenvalue weighted by Crippen LogP contribution is -2.10. The maximum atomic E-state index is 8.66. The van der Waals surface area contributed by atoms with Crippen molar-refractivity contribution < 1.29 is 5.21 Å². The molecule has 0 aliphatic carbocycles. The third-order valence-electron chi connectivity index (χ3n) is 3.01. The van der Waals surface area contributed by atoms with Gasteiger partial charge in [-0.15, -0.1) is 0 Å². The Kier molecular flexibility index (Phi) is 4.70. The highest BCUT2D eigenvalue weighted by Crippen LogP contribution is 2.35. The van der Waals surface area contributed by atoms with Crippen molar-refractivity contribution in [3.63, 3.8) is 0 Å². The van der Waals surface area contributed by atoms with Gasteiger partial charge in [0, 0.05) is 11.0 Å². The highest BCUT2D eigenvalue weighted by molar-refractivity contribution is 9.10. The molecular formula is C12H16BrNOS. The molecule has 88 valence electrons. The Morgan fingerprint density at radius 2 is 2.12 bits per heavy atom. The summed E-state index contributed by atoms with van der Waals surface area (Å²) in [5.41, 5.74) is 4.70. The van der Waals surface area contributed by atoms with Gasteiger partial charge in [0.05, 0.1) is 0 Å². The summed E-state index contributed by atoms with van der Waals surface area (Å²) >= 11 is 5.69. The maximum Gasteiger partial charge on any atom is 0.0458 e. The number of hydrogen-bond donors (Lipinski definition) is 2. The van der Waals surface area contributed by atoms with Gasteiger partial charge in [-0.2, -0.15) is 11.8 Å². The van der Waals surface area contributed by atoms with Gasteiger partial charge in [-0.25, -0.2) is 5.48 Å². The molecule has 0 amide bonds. The Morgan fingerprint density at radius 3 is 2.75 bits per heavy atom. The number of hydroxylamine groups is 1. The standard InChI is InChI=1S/C12H16BrNOS/c13-12-7-9(8-14-15)1-2-11(12)10-3-5-16-6-4-10/h1-2,7,10,14-15H,3-6,8H2. The average molecular weight is 302 g/mol. The second-order valence-electron chi connectivity index (χ2n) is 4.08. The molecule has 4 heteroatoms. The van der Waals surface area contributed by atoms with Crippen molar-refractivity contribution in [1.82, 2.24) is 5.48 Å². The van der Waals surface area contributed by atoms with Crippen LogP contribution in [0.4, 0.5) is 0 Å². The quantitative estimate of drug-likeness (QED) is 0.838. The minimum absolute atomic E-state index is 0.499. The normalized spacial score (nSPS) is 17.6. The Morgan fingerprint density at radius 1 is 1.38 bits per heavy atom. The molecule has 1 aliphatic heterocycles. The first-order chi connectivity index (χ1) is 7.81. The second-order valence-corrected chi connectivity index (χ2v) is 6.16. The van der Waals surface area contributed by atoms with Crippen molar-refractivity contribution in [2.24, 2.45) is 0 Å². The van der Waals surface area contributed by atoms with Crippen LogP contribution < -0.4 is 5.48 Å². The van der Waals surface area contributed by atoms with Gasteiger partial charge in [0.15, 0.2) is 0 Å². The van der Waals surface area contributed by atoms with E-state index in [1.165, 1.54) is 34.4 Å². The van der Waals surface area contributed by atoms with E-state index in [9.17, 15) is 0 Å². The van der Waals surface area contributed by atoms with E-state index >= 15 is 0 Å². The summed E-state index contributed by atoms with van der Waals surface area (Å²) < 4.78 is 1.18. The average Bonchev–Trinajstić information content (AvgIpc) is 2.31. The summed E-state index contributed by atoms with van der Waals surface area (Å²) in [5, 5.41) is 8.66. The second kappa shape index (κ2) is 6.05. The summed E-state index contributed by atoms with van der Waals surface area (Å²) in [6, 6.07) is 6.38. The van der Waals surface area contributed by atoms with Crippen LogP contribution >= 0.6 is 27.7 Å². The van der Waals surface area contributed by atoms with Gasteiger partial charge >= 0.3 is 0 Å². The molecule has 1 heterocycles. The number of halogens is 1. The van der Waals surface area contributed by atoms with Crippen LogP contribution in [0.3, 0.4) is 0 Å². The minimum atomic E-state index is 0.499. The summed E-state index contributed by atoms with van der Waals surface area (Å²) in [6.45, 7) is 0.499. The molecule has 0 aromatic heterocycles. The Hall–Kier alpha value is -0.0300. The molecule has 1 aromatic rings. The number of nitrogens with one attached hydrogen (secondary N) is 1. The fraction of sp³-hybridized carbons (Fsp3) is 0.500. The van der Waals surface area contributed by atoms with Crippen LogP contribution in [0.5, 0.6) is 0 Å². The molecular weight excluding hydrogens is 286 g/mol. The molecule has 0 unspecified atom stereocenters. The van der Waals surface area contributed by atoms with Crippen LogP contribution in [0.25, 0.3) is 0 Å². The first-order valence-corrected chi connectivity index (χ1v) is 7.49. The van der Waals surface area contributed by atoms with Crippen LogP contribution in [0.1, 0.15) is 29.9 Å². The SMILES string of the molecule is ONCc1ccc(C2CCSCC2)c(Br)c1. The third-order valence-corrected chi connectivity index (χ3v) is 4.74. The summed E-state index contributed by atoms with van der Waals surface area (Å²) in [7, 11) is 0. The number of benzene rings is 1. The van der Waals surface area contributed by atoms with Crippen LogP contribution in [-0.4, -0.2) is 16.7 Å². The maximum absolute atomic E-state index is 8.66. The Bertz CT molecular complexity index is 353. The van der Waals surface area contributed by atoms with Gasteiger partial charge < -0.3 is 5.21 Å². The van der Waals surface area contributed by atoms with Gasteiger partial charge in [-0.05, 0) is 47.5 Å². The van der Waals surface area contributed by atoms with E-state index in [1.54, 1.807) is 0 Å². The van der Waals surface area contributed by atoms with Crippen molar-refractivity contribution >= 4 is 27.7 Å². The summed E-state index contributed by atoms with van der Waals surface area (Å²) in [4.78, 5) is 0. The minimum Gasteiger partial charge on any atom is -0.316 e. The molecule has 2 N–H and O–H groups in total. The van der Waals surface area contributed by atoms with E-state index in [0.717, 1.165) is 5.56 Å². The summed E-state index contributed by atoms with van der Waals surface area (Å²) in [5.74, 6) is 3.25. The number of rotatable bonds is 3. The fourth-order valence-corrected chi connectivity index (χ4v) is 3.97. The zero-order valence-corrected chi connectivity index (χ0v) is 11.5. The molecule has 1 fully saturated rings. The molecule has 0 spiro atoms. The summed E-state index contributed by atoms with van der Waals surface area (Å²) in [6.07, 6.45) is 2.56. The highest BCUT2D eigenvalue weighted by Gasteiger charge is 2.17. The molecule has 1 aliphatic rings. The smallest absolute Gasteiger partial charge is 0.0458 e. The Labute approximate surface area is 109 Å². The number of hydrogen-bond acceptors (Lipinski definition) is 3. The van der Waals surface area contributed by atoms with Crippen LogP contribution in [0.2, 0.25) is 0 Å². The molecule has 0 atom stereocenters. The lowest BCUT2D eigenvalue weighted by Gasteiger charge is -2.23. The van der Waals surface area contributed by atoms with E-state index in [2.05, 4.69) is 51.4 Å². The molecule has 2 nitrogen and oxygen atoms in total. The van der Waals surface area contributed by atoms with E-state index in [-0.39, 0.29) is 0 Å². The third kappa shape index (κ3) is 3.00. The van der Waals surface area contributed by atoms with Crippen molar-refractivity contribution in [3.05, 3.63) is 33.8 Å². The molecule has 2 rings (SSSR count). The monoisotopic (exact) mass is 301 g/mol. The van der Waals surface area contributed by atoms with Crippen molar-refractivity contribution in [1.29, 1.82) is 0 Å². The number of thioether (sulfide) groups is 1. The predicted octanol–water partition coefficient (Wildman–Crippen LogP) is 3.54. The Balaban J connectivity index is 2.14. The molecule has 0 saturated carbocycles. The van der Waals surface area contributed by atoms with Gasteiger partial charge in [0.1, 0.15) is 0 Å². The van der Waals surface area contributed by atoms with Gasteiger partial charge in [-0.1, -0.05) is 28.1 Å². The van der Waals surface area contributed by atoms with E-state index < -0.39 is 0 Å². The molecule has 1 aromatic carbocycles. The first-order valence-electron chi connectivity index (χ1n) is 5.54. The van der Waals surface area contributed by atoms with Gasteiger partial charge in [0.25, 0.3) is 0 Å². The zero-order valence-electron chi connectivity index (χ0n) is 9.08. The van der Waals surface area contributed by atoms with Gasteiger partial charge in [-0.3, -0.25) is 0 Å². The molecule has 16 heavy (non-hydrogen) atoms. The van der Waals surface area contributed by atoms with Crippen LogP contribution in [0, 0.1) is 0 Å². The largest absolute Gasteiger partial charge is 0.316 e. The predicted molar refractivity (Wildman–Crippen MR) is 72.1 cm³/mol. The van der Waals surface area contributed by atoms with E-state index in [0.29, 0.717) is 12.5 Å². The lowest BCUT2D eigenvalue weighted by atomic mass is 9.93.